The molecule has 1 atom stereocenters. The molecule has 0 radical (unpaired) electrons. The lowest BCUT2D eigenvalue weighted by Crippen LogP contribution is -2.39. The summed E-state index contributed by atoms with van der Waals surface area (Å²) in [5.74, 6) is 0.406. The van der Waals surface area contributed by atoms with Gasteiger partial charge in [0.2, 0.25) is 10.0 Å². The molecular weight excluding hydrogens is 328 g/mol. The molecule has 1 heterocycles. The molecule has 19 heavy (non-hydrogen) atoms. The fourth-order valence-corrected chi connectivity index (χ4v) is 3.84. The number of benzene rings is 1. The van der Waals surface area contributed by atoms with Crippen LogP contribution in [0.15, 0.2) is 33.6 Å². The summed E-state index contributed by atoms with van der Waals surface area (Å²) < 4.78 is 27.2. The first-order valence-corrected chi connectivity index (χ1v) is 8.66. The molecule has 0 bridgehead atoms. The Labute approximate surface area is 123 Å². The highest BCUT2D eigenvalue weighted by atomic mass is 79.9. The van der Waals surface area contributed by atoms with Crippen molar-refractivity contribution in [2.24, 2.45) is 5.92 Å². The minimum atomic E-state index is -3.37. The average molecular weight is 347 g/mol. The molecule has 4 nitrogen and oxygen atoms in total. The van der Waals surface area contributed by atoms with E-state index in [1.165, 1.54) is 4.31 Å². The van der Waals surface area contributed by atoms with Gasteiger partial charge in [-0.15, -0.1) is 0 Å². The Hall–Kier alpha value is -0.430. The number of nitrogens with zero attached hydrogens (tertiary/aromatic N) is 1. The summed E-state index contributed by atoms with van der Waals surface area (Å²) in [5, 5.41) is 3.31. The van der Waals surface area contributed by atoms with Crippen molar-refractivity contribution in [3.8, 4) is 0 Å². The van der Waals surface area contributed by atoms with E-state index in [0.29, 0.717) is 17.4 Å². The average Bonchev–Trinajstić information content (AvgIpc) is 2.40. The van der Waals surface area contributed by atoms with Crippen LogP contribution in [0.5, 0.6) is 0 Å². The summed E-state index contributed by atoms with van der Waals surface area (Å²) in [4.78, 5) is 0.349. The van der Waals surface area contributed by atoms with E-state index in [-0.39, 0.29) is 0 Å². The third-order valence-corrected chi connectivity index (χ3v) is 5.80. The lowest BCUT2D eigenvalue weighted by Gasteiger charge is -2.27. The standard InChI is InChI=1S/C13H19BrN2O2S/c1-16(10-11-3-2-8-15-9-11)19(17,18)13-6-4-12(14)5-7-13/h4-7,11,15H,2-3,8-10H2,1H3. The van der Waals surface area contributed by atoms with E-state index in [2.05, 4.69) is 21.2 Å². The summed E-state index contributed by atoms with van der Waals surface area (Å²) in [6.07, 6.45) is 2.21. The molecule has 0 saturated carbocycles. The van der Waals surface area contributed by atoms with Gasteiger partial charge < -0.3 is 5.32 Å². The number of nitrogens with one attached hydrogen (secondary N) is 1. The Morgan fingerprint density at radius 2 is 2.05 bits per heavy atom. The second kappa shape index (κ2) is 6.35. The lowest BCUT2D eigenvalue weighted by atomic mass is 10.00. The van der Waals surface area contributed by atoms with Crippen LogP contribution < -0.4 is 5.32 Å². The minimum absolute atomic E-state index is 0.349. The van der Waals surface area contributed by atoms with Crippen LogP contribution in [0.3, 0.4) is 0 Å². The number of rotatable bonds is 4. The Bertz CT molecular complexity index is 510. The molecule has 106 valence electrons. The van der Waals surface area contributed by atoms with E-state index in [1.807, 2.05) is 0 Å². The summed E-state index contributed by atoms with van der Waals surface area (Å²) in [6.45, 7) is 2.52. The largest absolute Gasteiger partial charge is 0.316 e. The zero-order valence-corrected chi connectivity index (χ0v) is 13.4. The predicted octanol–water partition coefficient (Wildman–Crippen LogP) is 2.07. The van der Waals surface area contributed by atoms with Crippen molar-refractivity contribution >= 4 is 26.0 Å². The van der Waals surface area contributed by atoms with E-state index < -0.39 is 10.0 Å². The minimum Gasteiger partial charge on any atom is -0.316 e. The van der Waals surface area contributed by atoms with E-state index in [9.17, 15) is 8.42 Å². The third kappa shape index (κ3) is 3.78. The van der Waals surface area contributed by atoms with Gasteiger partial charge in [-0.2, -0.15) is 0 Å². The number of hydrogen-bond acceptors (Lipinski definition) is 3. The van der Waals surface area contributed by atoms with Gasteiger partial charge in [-0.1, -0.05) is 15.9 Å². The van der Waals surface area contributed by atoms with E-state index in [0.717, 1.165) is 30.4 Å². The lowest BCUT2D eigenvalue weighted by molar-refractivity contribution is 0.315. The van der Waals surface area contributed by atoms with Gasteiger partial charge in [0.05, 0.1) is 4.90 Å². The van der Waals surface area contributed by atoms with E-state index in [4.69, 9.17) is 0 Å². The van der Waals surface area contributed by atoms with Crippen molar-refractivity contribution in [3.05, 3.63) is 28.7 Å². The molecule has 1 aliphatic heterocycles. The summed E-state index contributed by atoms with van der Waals surface area (Å²) in [5.41, 5.74) is 0. The highest BCUT2D eigenvalue weighted by Gasteiger charge is 2.24. The van der Waals surface area contributed by atoms with Gasteiger partial charge in [0.15, 0.2) is 0 Å². The summed E-state index contributed by atoms with van der Waals surface area (Å²) >= 11 is 3.31. The van der Waals surface area contributed by atoms with Gasteiger partial charge in [0.25, 0.3) is 0 Å². The molecule has 0 spiro atoms. The number of hydrogen-bond donors (Lipinski definition) is 1. The zero-order chi connectivity index (χ0) is 13.9. The maximum atomic E-state index is 12.4. The third-order valence-electron chi connectivity index (χ3n) is 3.44. The van der Waals surface area contributed by atoms with Crippen molar-refractivity contribution in [1.82, 2.24) is 9.62 Å². The normalized spacial score (nSPS) is 20.7. The van der Waals surface area contributed by atoms with E-state index in [1.54, 1.807) is 31.3 Å². The summed E-state index contributed by atoms with van der Waals surface area (Å²) in [6, 6.07) is 6.77. The van der Waals surface area contributed by atoms with Crippen molar-refractivity contribution in [3.63, 3.8) is 0 Å². The molecule has 1 aromatic rings. The van der Waals surface area contributed by atoms with Gasteiger partial charge in [0.1, 0.15) is 0 Å². The molecule has 0 amide bonds. The molecule has 2 rings (SSSR count). The first-order chi connectivity index (χ1) is 9.00. The second-order valence-electron chi connectivity index (χ2n) is 4.95. The topological polar surface area (TPSA) is 49.4 Å². The fourth-order valence-electron chi connectivity index (χ4n) is 2.33. The van der Waals surface area contributed by atoms with Crippen LogP contribution in [-0.4, -0.2) is 39.4 Å². The van der Waals surface area contributed by atoms with Crippen molar-refractivity contribution in [2.75, 3.05) is 26.7 Å². The molecule has 0 aromatic heterocycles. The van der Waals surface area contributed by atoms with Gasteiger partial charge in [0, 0.05) is 18.1 Å². The van der Waals surface area contributed by atoms with Crippen LogP contribution in [0.25, 0.3) is 0 Å². The smallest absolute Gasteiger partial charge is 0.242 e. The Balaban J connectivity index is 2.07. The Morgan fingerprint density at radius 3 is 2.63 bits per heavy atom. The second-order valence-corrected chi connectivity index (χ2v) is 7.91. The van der Waals surface area contributed by atoms with Gasteiger partial charge in [-0.25, -0.2) is 12.7 Å². The highest BCUT2D eigenvalue weighted by Crippen LogP contribution is 2.20. The van der Waals surface area contributed by atoms with Crippen LogP contribution >= 0.6 is 15.9 Å². The van der Waals surface area contributed by atoms with Crippen LogP contribution in [0.1, 0.15) is 12.8 Å². The zero-order valence-electron chi connectivity index (χ0n) is 11.0. The summed E-state index contributed by atoms with van der Waals surface area (Å²) in [7, 11) is -1.71. The Kier molecular flexibility index (Phi) is 5.00. The maximum absolute atomic E-state index is 12.4. The molecule has 1 aliphatic rings. The number of piperidine rings is 1. The monoisotopic (exact) mass is 346 g/mol. The number of sulfonamides is 1. The molecule has 6 heteroatoms. The van der Waals surface area contributed by atoms with Gasteiger partial charge in [-0.05, 0) is 56.1 Å². The van der Waals surface area contributed by atoms with Crippen LogP contribution in [-0.2, 0) is 10.0 Å². The van der Waals surface area contributed by atoms with Crippen LogP contribution in [0.4, 0.5) is 0 Å². The maximum Gasteiger partial charge on any atom is 0.242 e. The molecule has 1 saturated heterocycles. The van der Waals surface area contributed by atoms with Crippen LogP contribution in [0, 0.1) is 5.92 Å². The van der Waals surface area contributed by atoms with Gasteiger partial charge >= 0.3 is 0 Å². The molecule has 1 aromatic carbocycles. The van der Waals surface area contributed by atoms with E-state index >= 15 is 0 Å². The highest BCUT2D eigenvalue weighted by molar-refractivity contribution is 9.10. The van der Waals surface area contributed by atoms with Crippen LogP contribution in [0.2, 0.25) is 0 Å². The molecule has 1 unspecified atom stereocenters. The van der Waals surface area contributed by atoms with Gasteiger partial charge in [-0.3, -0.25) is 0 Å². The molecule has 0 aliphatic carbocycles. The number of halogens is 1. The SMILES string of the molecule is CN(CC1CCCNC1)S(=O)(=O)c1ccc(Br)cc1. The molecular formula is C13H19BrN2O2S. The Morgan fingerprint density at radius 1 is 1.37 bits per heavy atom. The van der Waals surface area contributed by atoms with Crippen molar-refractivity contribution in [2.45, 2.75) is 17.7 Å². The quantitative estimate of drug-likeness (QED) is 0.907. The fraction of sp³-hybridized carbons (Fsp3) is 0.538. The predicted molar refractivity (Wildman–Crippen MR) is 79.6 cm³/mol. The van der Waals surface area contributed by atoms with Crippen molar-refractivity contribution < 1.29 is 8.42 Å². The van der Waals surface area contributed by atoms with Crippen molar-refractivity contribution in [1.29, 1.82) is 0 Å². The molecule has 1 N–H and O–H groups in total. The first-order valence-electron chi connectivity index (χ1n) is 6.43. The first kappa shape index (κ1) is 15.0. The molecule has 1 fully saturated rings.